The number of benzene rings is 2. The van der Waals surface area contributed by atoms with Crippen molar-refractivity contribution in [3.05, 3.63) is 65.9 Å². The Hall–Kier alpha value is -3.08. The van der Waals surface area contributed by atoms with Crippen LogP contribution in [0.3, 0.4) is 0 Å². The Labute approximate surface area is 160 Å². The van der Waals surface area contributed by atoms with Crippen molar-refractivity contribution in [2.75, 3.05) is 7.11 Å². The summed E-state index contributed by atoms with van der Waals surface area (Å²) in [6.45, 7) is 6.06. The Kier molecular flexibility index (Phi) is 5.60. The Morgan fingerprint density at radius 2 is 1.96 bits per heavy atom. The zero-order valence-corrected chi connectivity index (χ0v) is 16.2. The lowest BCUT2D eigenvalue weighted by Gasteiger charge is -2.12. The molecule has 2 aromatic carbocycles. The maximum absolute atomic E-state index is 12.9. The van der Waals surface area contributed by atoms with E-state index in [-0.39, 0.29) is 11.9 Å². The van der Waals surface area contributed by atoms with Crippen molar-refractivity contribution in [3.8, 4) is 22.7 Å². The summed E-state index contributed by atoms with van der Waals surface area (Å²) < 4.78 is 7.02. The Morgan fingerprint density at radius 3 is 2.67 bits per heavy atom. The average Bonchev–Trinajstić information content (AvgIpc) is 3.13. The van der Waals surface area contributed by atoms with Crippen LogP contribution in [0.25, 0.3) is 16.9 Å². The van der Waals surface area contributed by atoms with Gasteiger partial charge in [-0.15, -0.1) is 0 Å². The van der Waals surface area contributed by atoms with Gasteiger partial charge in [-0.3, -0.25) is 4.79 Å². The number of nitrogens with zero attached hydrogens (tertiary/aromatic N) is 2. The maximum Gasteiger partial charge on any atom is 0.270 e. The molecule has 140 valence electrons. The van der Waals surface area contributed by atoms with Crippen LogP contribution in [0, 0.1) is 6.92 Å². The van der Waals surface area contributed by atoms with Crippen LogP contribution < -0.4 is 10.1 Å². The molecule has 5 nitrogen and oxygen atoms in total. The number of carbonyl (C=O) groups is 1. The number of ether oxygens (including phenoxy) is 1. The van der Waals surface area contributed by atoms with E-state index in [0.29, 0.717) is 5.69 Å². The number of aromatic nitrogens is 2. The molecule has 1 amide bonds. The molecule has 0 spiro atoms. The molecule has 1 unspecified atom stereocenters. The highest BCUT2D eigenvalue weighted by Gasteiger charge is 2.19. The van der Waals surface area contributed by atoms with Crippen molar-refractivity contribution in [1.29, 1.82) is 0 Å². The number of aryl methyl sites for hydroxylation is 1. The van der Waals surface area contributed by atoms with E-state index in [4.69, 9.17) is 9.84 Å². The minimum atomic E-state index is -0.132. The minimum absolute atomic E-state index is 0.0960. The van der Waals surface area contributed by atoms with Gasteiger partial charge in [0.05, 0.1) is 18.5 Å². The fraction of sp³-hybridized carbons (Fsp3) is 0.273. The van der Waals surface area contributed by atoms with Gasteiger partial charge in [0.15, 0.2) is 0 Å². The van der Waals surface area contributed by atoms with Crippen molar-refractivity contribution >= 4 is 5.91 Å². The van der Waals surface area contributed by atoms with E-state index in [0.717, 1.165) is 34.7 Å². The van der Waals surface area contributed by atoms with Gasteiger partial charge in [0, 0.05) is 11.6 Å². The van der Waals surface area contributed by atoms with Gasteiger partial charge in [0.25, 0.3) is 5.91 Å². The largest absolute Gasteiger partial charge is 0.497 e. The summed E-state index contributed by atoms with van der Waals surface area (Å²) in [5.41, 5.74) is 4.11. The quantitative estimate of drug-likeness (QED) is 0.707. The lowest BCUT2D eigenvalue weighted by Crippen LogP contribution is -2.33. The Balaban J connectivity index is 2.09. The first-order chi connectivity index (χ1) is 13.0. The lowest BCUT2D eigenvalue weighted by atomic mass is 10.1. The zero-order chi connectivity index (χ0) is 19.4. The van der Waals surface area contributed by atoms with Gasteiger partial charge < -0.3 is 10.1 Å². The molecule has 1 atom stereocenters. The standard InChI is InChI=1S/C22H25N3O2/c1-5-16(3)23-22(26)21-14-20(17-9-7-11-19(13-17)27-4)24-25(21)18-10-6-8-15(2)12-18/h6-14,16H,5H2,1-4H3,(H,23,26). The summed E-state index contributed by atoms with van der Waals surface area (Å²) in [4.78, 5) is 12.9. The maximum atomic E-state index is 12.9. The molecule has 0 saturated carbocycles. The average molecular weight is 363 g/mol. The molecule has 5 heteroatoms. The van der Waals surface area contributed by atoms with Crippen LogP contribution in [0.1, 0.15) is 36.3 Å². The summed E-state index contributed by atoms with van der Waals surface area (Å²) in [6.07, 6.45) is 0.868. The Morgan fingerprint density at radius 1 is 1.19 bits per heavy atom. The number of hydrogen-bond donors (Lipinski definition) is 1. The number of carbonyl (C=O) groups excluding carboxylic acids is 1. The fourth-order valence-electron chi connectivity index (χ4n) is 2.82. The second-order valence-electron chi connectivity index (χ2n) is 6.68. The lowest BCUT2D eigenvalue weighted by molar-refractivity contribution is 0.0931. The van der Waals surface area contributed by atoms with Crippen LogP contribution in [0.4, 0.5) is 0 Å². The van der Waals surface area contributed by atoms with E-state index < -0.39 is 0 Å². The van der Waals surface area contributed by atoms with Crippen molar-refractivity contribution in [2.45, 2.75) is 33.2 Å². The molecule has 0 aliphatic rings. The summed E-state index contributed by atoms with van der Waals surface area (Å²) in [6, 6.07) is 17.6. The van der Waals surface area contributed by atoms with Crippen LogP contribution in [0.2, 0.25) is 0 Å². The number of hydrogen-bond acceptors (Lipinski definition) is 3. The Bertz CT molecular complexity index is 946. The molecule has 3 aromatic rings. The van der Waals surface area contributed by atoms with Gasteiger partial charge >= 0.3 is 0 Å². The van der Waals surface area contributed by atoms with Gasteiger partial charge in [-0.05, 0) is 56.2 Å². The predicted molar refractivity (Wildman–Crippen MR) is 108 cm³/mol. The monoisotopic (exact) mass is 363 g/mol. The molecule has 27 heavy (non-hydrogen) atoms. The van der Waals surface area contributed by atoms with Gasteiger partial charge in [0.2, 0.25) is 0 Å². The van der Waals surface area contributed by atoms with E-state index in [1.165, 1.54) is 0 Å². The van der Waals surface area contributed by atoms with E-state index in [2.05, 4.69) is 5.32 Å². The van der Waals surface area contributed by atoms with Gasteiger partial charge in [-0.25, -0.2) is 4.68 Å². The number of nitrogens with one attached hydrogen (secondary N) is 1. The third-order valence-corrected chi connectivity index (χ3v) is 4.54. The third kappa shape index (κ3) is 4.19. The van der Waals surface area contributed by atoms with Crippen LogP contribution in [-0.4, -0.2) is 28.8 Å². The number of rotatable bonds is 6. The van der Waals surface area contributed by atoms with Crippen LogP contribution in [0.5, 0.6) is 5.75 Å². The summed E-state index contributed by atoms with van der Waals surface area (Å²) in [5.74, 6) is 0.621. The molecule has 0 bridgehead atoms. The van der Waals surface area contributed by atoms with E-state index >= 15 is 0 Å². The molecule has 0 radical (unpaired) electrons. The second kappa shape index (κ2) is 8.08. The summed E-state index contributed by atoms with van der Waals surface area (Å²) in [5, 5.41) is 7.76. The molecule has 0 saturated heterocycles. The second-order valence-corrected chi connectivity index (χ2v) is 6.68. The minimum Gasteiger partial charge on any atom is -0.497 e. The molecule has 0 aliphatic heterocycles. The van der Waals surface area contributed by atoms with Crippen LogP contribution in [0.15, 0.2) is 54.6 Å². The smallest absolute Gasteiger partial charge is 0.270 e. The third-order valence-electron chi connectivity index (χ3n) is 4.54. The van der Waals surface area contributed by atoms with Crippen molar-refractivity contribution in [2.24, 2.45) is 0 Å². The number of methoxy groups -OCH3 is 1. The predicted octanol–water partition coefficient (Wildman–Crippen LogP) is 4.38. The molecule has 1 N–H and O–H groups in total. The first-order valence-electron chi connectivity index (χ1n) is 9.14. The van der Waals surface area contributed by atoms with Crippen molar-refractivity contribution in [3.63, 3.8) is 0 Å². The summed E-state index contributed by atoms with van der Waals surface area (Å²) in [7, 11) is 1.63. The first kappa shape index (κ1) is 18.7. The SMILES string of the molecule is CCC(C)NC(=O)c1cc(-c2cccc(OC)c2)nn1-c1cccc(C)c1. The topological polar surface area (TPSA) is 56.1 Å². The normalized spacial score (nSPS) is 11.9. The van der Waals surface area contributed by atoms with Gasteiger partial charge in [-0.1, -0.05) is 31.2 Å². The molecule has 1 aromatic heterocycles. The van der Waals surface area contributed by atoms with Gasteiger partial charge in [-0.2, -0.15) is 5.10 Å². The molecule has 0 aliphatic carbocycles. The van der Waals surface area contributed by atoms with E-state index in [9.17, 15) is 4.79 Å². The number of amides is 1. The molecular weight excluding hydrogens is 338 g/mol. The summed E-state index contributed by atoms with van der Waals surface area (Å²) >= 11 is 0. The molecule has 3 rings (SSSR count). The van der Waals surface area contributed by atoms with E-state index in [1.54, 1.807) is 11.8 Å². The fourth-order valence-corrected chi connectivity index (χ4v) is 2.82. The van der Waals surface area contributed by atoms with Crippen molar-refractivity contribution < 1.29 is 9.53 Å². The molecular formula is C22H25N3O2. The van der Waals surface area contributed by atoms with Crippen molar-refractivity contribution in [1.82, 2.24) is 15.1 Å². The molecule has 0 fully saturated rings. The van der Waals surface area contributed by atoms with Gasteiger partial charge in [0.1, 0.15) is 11.4 Å². The first-order valence-corrected chi connectivity index (χ1v) is 9.14. The highest BCUT2D eigenvalue weighted by molar-refractivity contribution is 5.94. The zero-order valence-electron chi connectivity index (χ0n) is 16.2. The van der Waals surface area contributed by atoms with Crippen LogP contribution >= 0.6 is 0 Å². The highest BCUT2D eigenvalue weighted by atomic mass is 16.5. The van der Waals surface area contributed by atoms with Crippen LogP contribution in [-0.2, 0) is 0 Å². The molecule has 1 heterocycles. The highest BCUT2D eigenvalue weighted by Crippen LogP contribution is 2.25. The van der Waals surface area contributed by atoms with E-state index in [1.807, 2.05) is 75.4 Å².